The van der Waals surface area contributed by atoms with Crippen LogP contribution in [0.4, 0.5) is 5.69 Å². The highest BCUT2D eigenvalue weighted by atomic mass is 16.6. The lowest BCUT2D eigenvalue weighted by atomic mass is 9.89. The van der Waals surface area contributed by atoms with E-state index in [1.165, 1.54) is 6.07 Å². The van der Waals surface area contributed by atoms with E-state index in [9.17, 15) is 14.9 Å². The van der Waals surface area contributed by atoms with Crippen LogP contribution >= 0.6 is 0 Å². The lowest BCUT2D eigenvalue weighted by molar-refractivity contribution is -0.385. The Hall–Kier alpha value is -1.95. The predicted molar refractivity (Wildman–Crippen MR) is 80.0 cm³/mol. The number of carbonyl (C=O) groups excluding carboxylic acids is 1. The minimum absolute atomic E-state index is 0.00415. The molecule has 0 aliphatic carbocycles. The molecule has 0 bridgehead atoms. The molecular formula is C15H21N3O3. The molecule has 1 aromatic rings. The third-order valence-corrected chi connectivity index (χ3v) is 4.08. The Morgan fingerprint density at radius 1 is 1.43 bits per heavy atom. The summed E-state index contributed by atoms with van der Waals surface area (Å²) in [6.45, 7) is 5.12. The number of para-hydroxylation sites is 1. The molecule has 6 nitrogen and oxygen atoms in total. The summed E-state index contributed by atoms with van der Waals surface area (Å²) in [6.07, 6.45) is 1.05. The molecule has 1 aromatic carbocycles. The van der Waals surface area contributed by atoms with Crippen molar-refractivity contribution in [2.24, 2.45) is 5.92 Å². The zero-order valence-electron chi connectivity index (χ0n) is 12.3. The van der Waals surface area contributed by atoms with Crippen LogP contribution in [0.5, 0.6) is 0 Å². The summed E-state index contributed by atoms with van der Waals surface area (Å²) in [6, 6.07) is 6.65. The van der Waals surface area contributed by atoms with E-state index in [1.54, 1.807) is 18.2 Å². The number of hydrogen-bond acceptors (Lipinski definition) is 4. The number of rotatable bonds is 4. The molecule has 2 rings (SSSR count). The number of benzene rings is 1. The van der Waals surface area contributed by atoms with Gasteiger partial charge in [0.15, 0.2) is 0 Å². The largest absolute Gasteiger partial charge is 0.351 e. The van der Waals surface area contributed by atoms with Crippen molar-refractivity contribution in [3.8, 4) is 0 Å². The summed E-state index contributed by atoms with van der Waals surface area (Å²) < 4.78 is 0. The molecule has 1 amide bonds. The Labute approximate surface area is 124 Å². The summed E-state index contributed by atoms with van der Waals surface area (Å²) in [5.74, 6) is 0.229. The van der Waals surface area contributed by atoms with Crippen molar-refractivity contribution in [1.29, 1.82) is 0 Å². The van der Waals surface area contributed by atoms with Gasteiger partial charge in [0.2, 0.25) is 5.91 Å². The minimum Gasteiger partial charge on any atom is -0.351 e. The summed E-state index contributed by atoms with van der Waals surface area (Å²) >= 11 is 0. The predicted octanol–water partition coefficient (Wildman–Crippen LogP) is 1.64. The minimum atomic E-state index is -0.448. The summed E-state index contributed by atoms with van der Waals surface area (Å²) in [5, 5.41) is 17.3. The zero-order valence-corrected chi connectivity index (χ0v) is 12.3. The Morgan fingerprint density at radius 2 is 2.14 bits per heavy atom. The molecule has 3 atom stereocenters. The number of hydrogen-bond donors (Lipinski definition) is 2. The molecule has 21 heavy (non-hydrogen) atoms. The summed E-state index contributed by atoms with van der Waals surface area (Å²) in [4.78, 5) is 22.7. The SMILES string of the molecule is CC1CCNC(C)C1NC(=O)Cc1ccccc1[N+](=O)[O-]. The first kappa shape index (κ1) is 15.4. The first-order chi connectivity index (χ1) is 9.99. The van der Waals surface area contributed by atoms with Gasteiger partial charge in [-0.2, -0.15) is 0 Å². The molecule has 1 aliphatic rings. The Balaban J connectivity index is 2.03. The van der Waals surface area contributed by atoms with Crippen molar-refractivity contribution in [3.05, 3.63) is 39.9 Å². The van der Waals surface area contributed by atoms with Crippen molar-refractivity contribution in [1.82, 2.24) is 10.6 Å². The average molecular weight is 291 g/mol. The second-order valence-corrected chi connectivity index (χ2v) is 5.66. The van der Waals surface area contributed by atoms with Gasteiger partial charge < -0.3 is 10.6 Å². The average Bonchev–Trinajstić information content (AvgIpc) is 2.43. The maximum atomic E-state index is 12.2. The van der Waals surface area contributed by atoms with Crippen molar-refractivity contribution >= 4 is 11.6 Å². The van der Waals surface area contributed by atoms with Crippen LogP contribution in [0.2, 0.25) is 0 Å². The Bertz CT molecular complexity index is 523. The van der Waals surface area contributed by atoms with Crippen molar-refractivity contribution < 1.29 is 9.72 Å². The van der Waals surface area contributed by atoms with Gasteiger partial charge in [0.05, 0.1) is 11.3 Å². The van der Waals surface area contributed by atoms with Crippen LogP contribution < -0.4 is 10.6 Å². The molecule has 0 saturated carbocycles. The summed E-state index contributed by atoms with van der Waals surface area (Å²) in [5.41, 5.74) is 0.444. The lowest BCUT2D eigenvalue weighted by Gasteiger charge is -2.36. The van der Waals surface area contributed by atoms with E-state index in [0.29, 0.717) is 11.5 Å². The summed E-state index contributed by atoms with van der Waals surface area (Å²) in [7, 11) is 0. The third-order valence-electron chi connectivity index (χ3n) is 4.08. The van der Waals surface area contributed by atoms with Crippen molar-refractivity contribution in [2.45, 2.75) is 38.8 Å². The fourth-order valence-electron chi connectivity index (χ4n) is 2.85. The molecule has 114 valence electrons. The van der Waals surface area contributed by atoms with Crippen molar-refractivity contribution in [2.75, 3.05) is 6.54 Å². The molecule has 1 heterocycles. The van der Waals surface area contributed by atoms with E-state index < -0.39 is 4.92 Å². The van der Waals surface area contributed by atoms with Crippen LogP contribution in [-0.2, 0) is 11.2 Å². The number of nitrogens with zero attached hydrogens (tertiary/aromatic N) is 1. The molecule has 1 fully saturated rings. The van der Waals surface area contributed by atoms with Gasteiger partial charge in [-0.1, -0.05) is 25.1 Å². The number of piperidine rings is 1. The van der Waals surface area contributed by atoms with E-state index in [1.807, 2.05) is 6.92 Å². The van der Waals surface area contributed by atoms with Gasteiger partial charge >= 0.3 is 0 Å². The van der Waals surface area contributed by atoms with Crippen molar-refractivity contribution in [3.63, 3.8) is 0 Å². The molecule has 1 aliphatic heterocycles. The molecule has 0 aromatic heterocycles. The van der Waals surface area contributed by atoms with E-state index in [2.05, 4.69) is 17.6 Å². The Kier molecular flexibility index (Phi) is 4.90. The van der Waals surface area contributed by atoms with Crippen LogP contribution in [0, 0.1) is 16.0 Å². The number of nitrogens with one attached hydrogen (secondary N) is 2. The molecule has 0 radical (unpaired) electrons. The standard InChI is InChI=1S/C15H21N3O3/c1-10-7-8-16-11(2)15(10)17-14(19)9-12-5-3-4-6-13(12)18(20)21/h3-6,10-11,15-16H,7-9H2,1-2H3,(H,17,19). The first-order valence-electron chi connectivity index (χ1n) is 7.24. The van der Waals surface area contributed by atoms with E-state index in [0.717, 1.165) is 13.0 Å². The molecule has 0 spiro atoms. The highest BCUT2D eigenvalue weighted by Gasteiger charge is 2.29. The van der Waals surface area contributed by atoms with Gasteiger partial charge in [0, 0.05) is 23.7 Å². The molecular weight excluding hydrogens is 270 g/mol. The van der Waals surface area contributed by atoms with Gasteiger partial charge in [-0.25, -0.2) is 0 Å². The highest BCUT2D eigenvalue weighted by Crippen LogP contribution is 2.19. The van der Waals surface area contributed by atoms with E-state index in [-0.39, 0.29) is 30.1 Å². The van der Waals surface area contributed by atoms with Crippen LogP contribution in [0.25, 0.3) is 0 Å². The normalized spacial score (nSPS) is 25.3. The van der Waals surface area contributed by atoms with Crippen LogP contribution in [0.15, 0.2) is 24.3 Å². The monoisotopic (exact) mass is 291 g/mol. The van der Waals surface area contributed by atoms with Crippen LogP contribution in [-0.4, -0.2) is 29.5 Å². The second kappa shape index (κ2) is 6.67. The smallest absolute Gasteiger partial charge is 0.273 e. The van der Waals surface area contributed by atoms with Gasteiger partial charge in [0.25, 0.3) is 5.69 Å². The van der Waals surface area contributed by atoms with Gasteiger partial charge in [-0.3, -0.25) is 14.9 Å². The fraction of sp³-hybridized carbons (Fsp3) is 0.533. The number of nitro groups is 1. The van der Waals surface area contributed by atoms with E-state index >= 15 is 0 Å². The van der Waals surface area contributed by atoms with Gasteiger partial charge in [0.1, 0.15) is 0 Å². The zero-order chi connectivity index (χ0) is 15.4. The molecule has 6 heteroatoms. The Morgan fingerprint density at radius 3 is 2.81 bits per heavy atom. The number of amides is 1. The van der Waals surface area contributed by atoms with Crippen LogP contribution in [0.3, 0.4) is 0 Å². The molecule has 2 N–H and O–H groups in total. The quantitative estimate of drug-likeness (QED) is 0.652. The number of carbonyl (C=O) groups is 1. The second-order valence-electron chi connectivity index (χ2n) is 5.66. The lowest BCUT2D eigenvalue weighted by Crippen LogP contribution is -2.56. The maximum Gasteiger partial charge on any atom is 0.273 e. The topological polar surface area (TPSA) is 84.3 Å². The molecule has 1 saturated heterocycles. The van der Waals surface area contributed by atoms with Crippen LogP contribution in [0.1, 0.15) is 25.8 Å². The third kappa shape index (κ3) is 3.78. The molecule has 3 unspecified atom stereocenters. The first-order valence-corrected chi connectivity index (χ1v) is 7.24. The maximum absolute atomic E-state index is 12.2. The number of nitro benzene ring substituents is 1. The van der Waals surface area contributed by atoms with E-state index in [4.69, 9.17) is 0 Å². The fourth-order valence-corrected chi connectivity index (χ4v) is 2.85. The van der Waals surface area contributed by atoms with Gasteiger partial charge in [-0.05, 0) is 25.8 Å². The highest BCUT2D eigenvalue weighted by molar-refractivity contribution is 5.80. The van der Waals surface area contributed by atoms with Gasteiger partial charge in [-0.15, -0.1) is 0 Å².